The molecule has 0 amide bonds. The Morgan fingerprint density at radius 3 is 0.570 bits per heavy atom. The Labute approximate surface area is 473 Å². The van der Waals surface area contributed by atoms with Crippen LogP contribution in [0.2, 0.25) is 0 Å². The van der Waals surface area contributed by atoms with Crippen molar-refractivity contribution in [2.24, 2.45) is 0 Å². The molecule has 414 valence electrons. The Hall–Kier alpha value is -6.28. The van der Waals surface area contributed by atoms with Crippen molar-refractivity contribution >= 4 is 93.2 Å². The first kappa shape index (κ1) is 67.0. The SMILES string of the molecule is Cl.Cl.Cl.Fc1c(F)c(F)c([B-](c2c(F)c(F)c(F)c(F)c2F)(c2c(F)c(F)c(F)c(F)c2F)c2c(F)c(F)c(F)c(F)c2F)c(F)c1F.[C-]1=CC=CC1.[Zr].c1ccc([B-](c2ccccc2)(c2ccccc2)c2ccccc2)cc1. The molecular formula is C53H28B2Cl3F20Zr-3. The molecule has 0 unspecified atom stereocenters. The molecule has 0 aromatic heterocycles. The van der Waals surface area contributed by atoms with Gasteiger partial charge in [-0.3, -0.25) is 6.08 Å². The van der Waals surface area contributed by atoms with Gasteiger partial charge in [0.2, 0.25) is 0 Å². The number of rotatable bonds is 8. The second-order valence-electron chi connectivity index (χ2n) is 16.3. The van der Waals surface area contributed by atoms with Crippen molar-refractivity contribution in [3.05, 3.63) is 262 Å². The fourth-order valence-electron chi connectivity index (χ4n) is 9.34. The van der Waals surface area contributed by atoms with Crippen LogP contribution in [0.1, 0.15) is 6.42 Å². The van der Waals surface area contributed by atoms with Crippen molar-refractivity contribution in [1.29, 1.82) is 0 Å². The minimum absolute atomic E-state index is 0. The minimum Gasteiger partial charge on any atom is -0.273 e. The van der Waals surface area contributed by atoms with Gasteiger partial charge in [0.15, 0.2) is 69.8 Å². The van der Waals surface area contributed by atoms with E-state index in [0.717, 1.165) is 6.42 Å². The van der Waals surface area contributed by atoms with Gasteiger partial charge in [-0.15, -0.1) is 65.5 Å². The molecule has 0 fully saturated rings. The molecule has 8 aromatic rings. The molecular weight excluding hydrogens is 1240 g/mol. The summed E-state index contributed by atoms with van der Waals surface area (Å²) in [5, 5.41) is 0. The van der Waals surface area contributed by atoms with Crippen LogP contribution in [0, 0.1) is 122 Å². The standard InChI is InChI=1S/C24BF20.C24H20B.C5H5.3ClH.Zr/c26-5-1(6(27)14(35)21(42)13(5)34)25(2-7(28)15(36)22(43)16(37)8(2)29,3-9(30)17(38)23(44)18(39)10(3)31)4-11(32)19(40)24(45)20(41)12(4)33;1-5-13-21(14-6-1)25(22-15-7-2-8-16-22,23-17-9-3-10-18-23)24-19-11-4-12-20-24;1-2-4-5-3-1;;;;/h;1-20H;1-3H,4H2;3*1H;/q3*-1;;;;. The Balaban J connectivity index is 0.000000405. The summed E-state index contributed by atoms with van der Waals surface area (Å²) in [6, 6.07) is 43.5. The largest absolute Gasteiger partial charge is 0.273 e. The van der Waals surface area contributed by atoms with Crippen molar-refractivity contribution in [3.63, 3.8) is 0 Å². The molecule has 0 heterocycles. The number of allylic oxidation sites excluding steroid dienone is 4. The van der Waals surface area contributed by atoms with Crippen LogP contribution < -0.4 is 43.7 Å². The maximum atomic E-state index is 15.4. The third-order valence-corrected chi connectivity index (χ3v) is 12.5. The fraction of sp³-hybridized carbons (Fsp3) is 0.0189. The van der Waals surface area contributed by atoms with Gasteiger partial charge in [-0.2, -0.15) is 27.9 Å². The predicted molar refractivity (Wildman–Crippen MR) is 263 cm³/mol. The summed E-state index contributed by atoms with van der Waals surface area (Å²) < 4.78 is 294. The first-order valence-electron chi connectivity index (χ1n) is 21.4. The van der Waals surface area contributed by atoms with Crippen LogP contribution >= 0.6 is 37.2 Å². The predicted octanol–water partition coefficient (Wildman–Crippen LogP) is 11.5. The van der Waals surface area contributed by atoms with Gasteiger partial charge in [0.1, 0.15) is 58.8 Å². The number of hydrogen-bond donors (Lipinski definition) is 0. The summed E-state index contributed by atoms with van der Waals surface area (Å²) in [5.41, 5.74) is -8.97. The molecule has 0 saturated carbocycles. The Morgan fingerprint density at radius 2 is 0.430 bits per heavy atom. The van der Waals surface area contributed by atoms with Crippen LogP contribution in [0.25, 0.3) is 0 Å². The van der Waals surface area contributed by atoms with Crippen molar-refractivity contribution in [2.75, 3.05) is 0 Å². The molecule has 8 aromatic carbocycles. The maximum absolute atomic E-state index is 15.4. The molecule has 0 spiro atoms. The summed E-state index contributed by atoms with van der Waals surface area (Å²) in [4.78, 5) is 0. The van der Waals surface area contributed by atoms with Crippen LogP contribution in [0.15, 0.2) is 140 Å². The molecule has 0 aliphatic heterocycles. The van der Waals surface area contributed by atoms with Gasteiger partial charge >= 0.3 is 0 Å². The zero-order chi connectivity index (χ0) is 54.8. The summed E-state index contributed by atoms with van der Waals surface area (Å²) >= 11 is 0. The van der Waals surface area contributed by atoms with E-state index in [1.54, 1.807) is 0 Å². The van der Waals surface area contributed by atoms with Crippen LogP contribution in [0.5, 0.6) is 0 Å². The summed E-state index contributed by atoms with van der Waals surface area (Å²) in [7, 11) is 0. The number of halogens is 23. The van der Waals surface area contributed by atoms with Crippen molar-refractivity contribution in [2.45, 2.75) is 6.42 Å². The first-order valence-corrected chi connectivity index (χ1v) is 21.4. The molecule has 0 N–H and O–H groups in total. The Bertz CT molecular complexity index is 2970. The summed E-state index contributed by atoms with van der Waals surface area (Å²) in [5.74, 6) is -71.4. The normalized spacial score (nSPS) is 11.5. The van der Waals surface area contributed by atoms with Crippen molar-refractivity contribution in [3.8, 4) is 0 Å². The monoisotopic (exact) mass is 1260 g/mol. The van der Waals surface area contributed by atoms with Gasteiger partial charge < -0.3 is 0 Å². The van der Waals surface area contributed by atoms with Gasteiger partial charge in [-0.25, -0.2) is 100.0 Å². The van der Waals surface area contributed by atoms with E-state index in [2.05, 4.69) is 133 Å². The molecule has 9 rings (SSSR count). The second kappa shape index (κ2) is 27.3. The zero-order valence-electron chi connectivity index (χ0n) is 38.9. The smallest absolute Gasteiger partial charge is 0.200 e. The molecule has 1 aliphatic rings. The van der Waals surface area contributed by atoms with E-state index >= 15 is 35.1 Å². The Morgan fingerprint density at radius 1 is 0.253 bits per heavy atom. The van der Waals surface area contributed by atoms with Crippen molar-refractivity contribution in [1.82, 2.24) is 0 Å². The van der Waals surface area contributed by atoms with E-state index < -0.39 is 150 Å². The molecule has 0 radical (unpaired) electrons. The van der Waals surface area contributed by atoms with E-state index in [1.807, 2.05) is 12.2 Å². The third kappa shape index (κ3) is 11.4. The Kier molecular flexibility index (Phi) is 23.1. The van der Waals surface area contributed by atoms with E-state index in [4.69, 9.17) is 0 Å². The maximum Gasteiger partial charge on any atom is 0.200 e. The van der Waals surface area contributed by atoms with Crippen LogP contribution in [-0.4, -0.2) is 12.3 Å². The van der Waals surface area contributed by atoms with E-state index in [0.29, 0.717) is 0 Å². The number of benzene rings is 8. The van der Waals surface area contributed by atoms with Crippen LogP contribution in [-0.2, 0) is 26.2 Å². The third-order valence-electron chi connectivity index (χ3n) is 12.5. The molecule has 79 heavy (non-hydrogen) atoms. The summed E-state index contributed by atoms with van der Waals surface area (Å²) in [6.45, 7) is 0. The minimum atomic E-state index is -7.22. The fourth-order valence-corrected chi connectivity index (χ4v) is 9.34. The first-order chi connectivity index (χ1) is 35.6. The van der Waals surface area contributed by atoms with E-state index in [9.17, 15) is 52.7 Å². The van der Waals surface area contributed by atoms with Gasteiger partial charge in [-0.05, 0) is 0 Å². The van der Waals surface area contributed by atoms with Gasteiger partial charge in [-0.1, -0.05) is 121 Å². The van der Waals surface area contributed by atoms with Gasteiger partial charge in [0.05, 0.1) is 0 Å². The summed E-state index contributed by atoms with van der Waals surface area (Å²) in [6.07, 6.45) is 1.57. The average molecular weight is 1260 g/mol. The number of hydrogen-bond acceptors (Lipinski definition) is 0. The molecule has 26 heteroatoms. The topological polar surface area (TPSA) is 0 Å². The molecule has 1 aliphatic carbocycles. The second-order valence-corrected chi connectivity index (χ2v) is 16.3. The molecule has 0 saturated heterocycles. The molecule has 0 nitrogen and oxygen atoms in total. The zero-order valence-corrected chi connectivity index (χ0v) is 43.8. The quantitative estimate of drug-likeness (QED) is 0.0468. The van der Waals surface area contributed by atoms with Crippen LogP contribution in [0.3, 0.4) is 0 Å². The van der Waals surface area contributed by atoms with E-state index in [1.165, 1.54) is 21.9 Å². The molecule has 0 bridgehead atoms. The van der Waals surface area contributed by atoms with Crippen LogP contribution in [0.4, 0.5) is 87.8 Å². The van der Waals surface area contributed by atoms with E-state index in [-0.39, 0.29) is 63.4 Å². The van der Waals surface area contributed by atoms with Gasteiger partial charge in [0, 0.05) is 26.2 Å². The average Bonchev–Trinajstić information content (AvgIpc) is 4.03. The molecule has 0 atom stereocenters. The van der Waals surface area contributed by atoms with Crippen molar-refractivity contribution < 1.29 is 114 Å². The van der Waals surface area contributed by atoms with Gasteiger partial charge in [0.25, 0.3) is 0 Å².